The second-order valence-corrected chi connectivity index (χ2v) is 5.41. The maximum atomic E-state index is 11.5. The van der Waals surface area contributed by atoms with Gasteiger partial charge >= 0.3 is 0 Å². The van der Waals surface area contributed by atoms with Crippen LogP contribution in [0.25, 0.3) is 0 Å². The van der Waals surface area contributed by atoms with Gasteiger partial charge in [0, 0.05) is 24.8 Å². The standard InChI is InChI=1S/C12H15NO2S/c1-13-10-6-5-8-11-7-3-4-9-12(11)16(2,14)15/h3-4,7,9,13H,6,10H2,1-2H3. The highest BCUT2D eigenvalue weighted by molar-refractivity contribution is 7.90. The molecule has 1 aromatic rings. The van der Waals surface area contributed by atoms with Crippen LogP contribution in [0.2, 0.25) is 0 Å². The predicted molar refractivity (Wildman–Crippen MR) is 65.0 cm³/mol. The lowest BCUT2D eigenvalue weighted by atomic mass is 10.2. The van der Waals surface area contributed by atoms with E-state index >= 15 is 0 Å². The Morgan fingerprint density at radius 2 is 2.00 bits per heavy atom. The fourth-order valence-corrected chi connectivity index (χ4v) is 2.08. The Hall–Kier alpha value is -1.31. The smallest absolute Gasteiger partial charge is 0.176 e. The molecule has 0 saturated heterocycles. The van der Waals surface area contributed by atoms with E-state index in [0.29, 0.717) is 16.9 Å². The molecule has 0 amide bonds. The van der Waals surface area contributed by atoms with Crippen molar-refractivity contribution in [2.45, 2.75) is 11.3 Å². The first-order chi connectivity index (χ1) is 7.55. The van der Waals surface area contributed by atoms with E-state index in [1.54, 1.807) is 24.3 Å². The van der Waals surface area contributed by atoms with Gasteiger partial charge in [0.05, 0.1) is 4.90 Å². The molecule has 0 aliphatic carbocycles. The molecule has 0 aliphatic rings. The van der Waals surface area contributed by atoms with Crippen molar-refractivity contribution < 1.29 is 8.42 Å². The van der Waals surface area contributed by atoms with E-state index in [1.807, 2.05) is 7.05 Å². The SMILES string of the molecule is CNCCC#Cc1ccccc1S(C)(=O)=O. The third kappa shape index (κ3) is 3.69. The van der Waals surface area contributed by atoms with E-state index in [-0.39, 0.29) is 0 Å². The lowest BCUT2D eigenvalue weighted by Gasteiger charge is -2.00. The van der Waals surface area contributed by atoms with Gasteiger partial charge in [-0.3, -0.25) is 0 Å². The van der Waals surface area contributed by atoms with E-state index in [1.165, 1.54) is 6.26 Å². The van der Waals surface area contributed by atoms with Gasteiger partial charge in [0.25, 0.3) is 0 Å². The van der Waals surface area contributed by atoms with E-state index in [4.69, 9.17) is 0 Å². The molecule has 1 rings (SSSR count). The molecular formula is C12H15NO2S. The van der Waals surface area contributed by atoms with Crippen LogP contribution in [0.5, 0.6) is 0 Å². The second kappa shape index (κ2) is 5.69. The van der Waals surface area contributed by atoms with Crippen LogP contribution in [0.1, 0.15) is 12.0 Å². The van der Waals surface area contributed by atoms with Crippen molar-refractivity contribution in [1.82, 2.24) is 5.32 Å². The minimum atomic E-state index is -3.19. The predicted octanol–water partition coefficient (Wildman–Crippen LogP) is 1.05. The Bertz CT molecular complexity index is 509. The zero-order valence-electron chi connectivity index (χ0n) is 9.45. The van der Waals surface area contributed by atoms with Gasteiger partial charge in [-0.2, -0.15) is 0 Å². The summed E-state index contributed by atoms with van der Waals surface area (Å²) in [5, 5.41) is 2.98. The van der Waals surface area contributed by atoms with Crippen molar-refractivity contribution in [3.05, 3.63) is 29.8 Å². The Morgan fingerprint density at radius 3 is 2.62 bits per heavy atom. The first-order valence-electron chi connectivity index (χ1n) is 4.98. The molecule has 1 aromatic carbocycles. The summed E-state index contributed by atoms with van der Waals surface area (Å²) in [6, 6.07) is 6.80. The normalized spacial score (nSPS) is 10.6. The maximum Gasteiger partial charge on any atom is 0.176 e. The summed E-state index contributed by atoms with van der Waals surface area (Å²) in [5.41, 5.74) is 0.570. The van der Waals surface area contributed by atoms with E-state index in [2.05, 4.69) is 17.2 Å². The van der Waals surface area contributed by atoms with Crippen molar-refractivity contribution in [3.8, 4) is 11.8 Å². The van der Waals surface area contributed by atoms with Crippen LogP contribution in [0.3, 0.4) is 0 Å². The van der Waals surface area contributed by atoms with Gasteiger partial charge in [0.2, 0.25) is 0 Å². The summed E-state index contributed by atoms with van der Waals surface area (Å²) >= 11 is 0. The maximum absolute atomic E-state index is 11.5. The van der Waals surface area contributed by atoms with E-state index < -0.39 is 9.84 Å². The number of sulfone groups is 1. The molecule has 3 nitrogen and oxygen atoms in total. The van der Waals surface area contributed by atoms with Crippen LogP contribution >= 0.6 is 0 Å². The summed E-state index contributed by atoms with van der Waals surface area (Å²) in [7, 11) is -1.34. The summed E-state index contributed by atoms with van der Waals surface area (Å²) in [6.07, 6.45) is 1.90. The number of rotatable bonds is 3. The monoisotopic (exact) mass is 237 g/mol. The van der Waals surface area contributed by atoms with E-state index in [9.17, 15) is 8.42 Å². The number of hydrogen-bond donors (Lipinski definition) is 1. The Morgan fingerprint density at radius 1 is 1.31 bits per heavy atom. The molecule has 0 saturated carbocycles. The molecule has 0 spiro atoms. The summed E-state index contributed by atoms with van der Waals surface area (Å²) in [5.74, 6) is 5.82. The quantitative estimate of drug-likeness (QED) is 0.631. The fraction of sp³-hybridized carbons (Fsp3) is 0.333. The summed E-state index contributed by atoms with van der Waals surface area (Å²) in [4.78, 5) is 0.298. The molecule has 0 atom stereocenters. The minimum absolute atomic E-state index is 0.298. The molecule has 0 heterocycles. The molecule has 0 radical (unpaired) electrons. The Labute approximate surface area is 96.8 Å². The molecule has 16 heavy (non-hydrogen) atoms. The average molecular weight is 237 g/mol. The minimum Gasteiger partial charge on any atom is -0.319 e. The molecule has 0 unspecified atom stereocenters. The Balaban J connectivity index is 3.00. The van der Waals surface area contributed by atoms with Crippen molar-refractivity contribution >= 4 is 9.84 Å². The molecule has 0 fully saturated rings. The van der Waals surface area contributed by atoms with Crippen LogP contribution in [-0.4, -0.2) is 28.3 Å². The number of nitrogens with one attached hydrogen (secondary N) is 1. The van der Waals surface area contributed by atoms with Crippen LogP contribution < -0.4 is 5.32 Å². The molecular weight excluding hydrogens is 222 g/mol. The molecule has 0 bridgehead atoms. The Kier molecular flexibility index (Phi) is 4.53. The van der Waals surface area contributed by atoms with E-state index in [0.717, 1.165) is 6.54 Å². The highest BCUT2D eigenvalue weighted by atomic mass is 32.2. The van der Waals surface area contributed by atoms with Gasteiger partial charge in [-0.25, -0.2) is 8.42 Å². The van der Waals surface area contributed by atoms with Crippen molar-refractivity contribution in [3.63, 3.8) is 0 Å². The zero-order valence-corrected chi connectivity index (χ0v) is 10.3. The largest absolute Gasteiger partial charge is 0.319 e. The van der Waals surface area contributed by atoms with Crippen molar-refractivity contribution in [2.24, 2.45) is 0 Å². The second-order valence-electron chi connectivity index (χ2n) is 3.42. The first-order valence-corrected chi connectivity index (χ1v) is 6.87. The average Bonchev–Trinajstić information content (AvgIpc) is 2.24. The topological polar surface area (TPSA) is 46.2 Å². The highest BCUT2D eigenvalue weighted by Gasteiger charge is 2.10. The molecule has 86 valence electrons. The van der Waals surface area contributed by atoms with Gasteiger partial charge in [0.1, 0.15) is 0 Å². The molecule has 0 aromatic heterocycles. The van der Waals surface area contributed by atoms with Crippen molar-refractivity contribution in [1.29, 1.82) is 0 Å². The third-order valence-corrected chi connectivity index (χ3v) is 3.16. The molecule has 4 heteroatoms. The van der Waals surface area contributed by atoms with Crippen LogP contribution in [0, 0.1) is 11.8 Å². The van der Waals surface area contributed by atoms with Gasteiger partial charge in [-0.1, -0.05) is 24.0 Å². The summed E-state index contributed by atoms with van der Waals surface area (Å²) in [6.45, 7) is 0.800. The van der Waals surface area contributed by atoms with Crippen LogP contribution in [0.15, 0.2) is 29.2 Å². The number of hydrogen-bond acceptors (Lipinski definition) is 3. The van der Waals surface area contributed by atoms with Gasteiger partial charge in [-0.15, -0.1) is 0 Å². The zero-order chi connectivity index (χ0) is 12.0. The van der Waals surface area contributed by atoms with Crippen molar-refractivity contribution in [2.75, 3.05) is 19.8 Å². The fourth-order valence-electron chi connectivity index (χ4n) is 1.24. The van der Waals surface area contributed by atoms with Gasteiger partial charge in [-0.05, 0) is 19.2 Å². The molecule has 0 aliphatic heterocycles. The lowest BCUT2D eigenvalue weighted by molar-refractivity contribution is 0.601. The summed E-state index contributed by atoms with van der Waals surface area (Å²) < 4.78 is 22.9. The molecule has 1 N–H and O–H groups in total. The van der Waals surface area contributed by atoms with Gasteiger partial charge in [0.15, 0.2) is 9.84 Å². The van der Waals surface area contributed by atoms with Crippen LogP contribution in [-0.2, 0) is 9.84 Å². The highest BCUT2D eigenvalue weighted by Crippen LogP contribution is 2.13. The van der Waals surface area contributed by atoms with Gasteiger partial charge < -0.3 is 5.32 Å². The lowest BCUT2D eigenvalue weighted by Crippen LogP contribution is -2.06. The van der Waals surface area contributed by atoms with Crippen LogP contribution in [0.4, 0.5) is 0 Å². The number of benzene rings is 1. The first kappa shape index (κ1) is 12.8. The third-order valence-electron chi connectivity index (χ3n) is 2.01.